The molecule has 80 valence electrons. The van der Waals surface area contributed by atoms with Gasteiger partial charge in [0.1, 0.15) is 18.3 Å². The van der Waals surface area contributed by atoms with Gasteiger partial charge in [-0.2, -0.15) is 0 Å². The lowest BCUT2D eigenvalue weighted by atomic mass is 9.89. The summed E-state index contributed by atoms with van der Waals surface area (Å²) in [5, 5.41) is 0. The maximum atomic E-state index is 11.2. The van der Waals surface area contributed by atoms with Crippen LogP contribution in [-0.4, -0.2) is 17.9 Å². The predicted octanol–water partition coefficient (Wildman–Crippen LogP) is 2.09. The van der Waals surface area contributed by atoms with Crippen molar-refractivity contribution in [3.63, 3.8) is 0 Å². The molecule has 0 saturated heterocycles. The van der Waals surface area contributed by atoms with Crippen molar-refractivity contribution in [2.24, 2.45) is 5.92 Å². The molecule has 0 bridgehead atoms. The van der Waals surface area contributed by atoms with E-state index in [1.54, 1.807) is 0 Å². The van der Waals surface area contributed by atoms with Gasteiger partial charge in [0.05, 0.1) is 0 Å². The van der Waals surface area contributed by atoms with E-state index in [1.165, 1.54) is 13.3 Å². The molecule has 2 atom stereocenters. The van der Waals surface area contributed by atoms with Crippen LogP contribution < -0.4 is 0 Å². The summed E-state index contributed by atoms with van der Waals surface area (Å²) < 4.78 is 5.21. The van der Waals surface area contributed by atoms with E-state index in [9.17, 15) is 9.59 Å². The van der Waals surface area contributed by atoms with Crippen LogP contribution in [0.5, 0.6) is 0 Å². The predicted molar refractivity (Wildman–Crippen MR) is 52.8 cm³/mol. The minimum Gasteiger partial charge on any atom is -0.462 e. The van der Waals surface area contributed by atoms with E-state index in [0.717, 1.165) is 19.3 Å². The number of rotatable bonds is 3. The van der Waals surface area contributed by atoms with Crippen molar-refractivity contribution in [3.05, 3.63) is 0 Å². The van der Waals surface area contributed by atoms with Crippen molar-refractivity contribution in [2.45, 2.75) is 52.1 Å². The van der Waals surface area contributed by atoms with Gasteiger partial charge in [-0.3, -0.25) is 9.59 Å². The molecule has 1 saturated carbocycles. The van der Waals surface area contributed by atoms with Crippen molar-refractivity contribution < 1.29 is 14.3 Å². The molecule has 0 aliphatic heterocycles. The van der Waals surface area contributed by atoms with Crippen molar-refractivity contribution in [1.82, 2.24) is 0 Å². The minimum atomic E-state index is -0.364. The first-order chi connectivity index (χ1) is 6.58. The number of Topliss-reactive ketones (excluding diaryl/α,β-unsaturated/α-hetero) is 1. The summed E-state index contributed by atoms with van der Waals surface area (Å²) in [7, 11) is 0. The van der Waals surface area contributed by atoms with Gasteiger partial charge in [0.25, 0.3) is 0 Å². The van der Waals surface area contributed by atoms with Crippen LogP contribution in [0.15, 0.2) is 0 Å². The van der Waals surface area contributed by atoms with Gasteiger partial charge in [0.15, 0.2) is 0 Å². The molecule has 1 aliphatic carbocycles. The number of ether oxygens (including phenoxy) is 1. The Bertz CT molecular complexity index is 223. The monoisotopic (exact) mass is 198 g/mol. The third-order valence-electron chi connectivity index (χ3n) is 2.58. The lowest BCUT2D eigenvalue weighted by molar-refractivity contribution is -0.152. The Morgan fingerprint density at radius 3 is 2.64 bits per heavy atom. The highest BCUT2D eigenvalue weighted by molar-refractivity contribution is 5.94. The summed E-state index contributed by atoms with van der Waals surface area (Å²) in [4.78, 5) is 21.8. The maximum absolute atomic E-state index is 11.2. The van der Waals surface area contributed by atoms with Crippen LogP contribution in [0, 0.1) is 5.92 Å². The first-order valence-corrected chi connectivity index (χ1v) is 5.27. The zero-order chi connectivity index (χ0) is 10.6. The molecular weight excluding hydrogens is 180 g/mol. The molecule has 14 heavy (non-hydrogen) atoms. The van der Waals surface area contributed by atoms with Crippen LogP contribution in [0.25, 0.3) is 0 Å². The summed E-state index contributed by atoms with van der Waals surface area (Å²) in [6, 6.07) is 0. The minimum absolute atomic E-state index is 0.0469. The molecule has 0 aromatic heterocycles. The molecule has 0 heterocycles. The topological polar surface area (TPSA) is 43.4 Å². The third-order valence-corrected chi connectivity index (χ3v) is 2.58. The Balaban J connectivity index is 2.28. The molecule has 0 aromatic rings. The van der Waals surface area contributed by atoms with Crippen LogP contribution >= 0.6 is 0 Å². The SMILES string of the molecule is CC(=O)CC(=O)O[C@@H]1CCC[C@@H](C)C1. The highest BCUT2D eigenvalue weighted by Crippen LogP contribution is 2.25. The zero-order valence-corrected chi connectivity index (χ0v) is 8.91. The second kappa shape index (κ2) is 5.13. The number of carbonyl (C=O) groups excluding carboxylic acids is 2. The van der Waals surface area contributed by atoms with E-state index >= 15 is 0 Å². The Kier molecular flexibility index (Phi) is 4.11. The number of esters is 1. The molecule has 3 nitrogen and oxygen atoms in total. The second-order valence-electron chi connectivity index (χ2n) is 4.26. The van der Waals surface area contributed by atoms with Crippen molar-refractivity contribution in [3.8, 4) is 0 Å². The Labute approximate surface area is 84.8 Å². The van der Waals surface area contributed by atoms with Gasteiger partial charge in [-0.25, -0.2) is 0 Å². The summed E-state index contributed by atoms with van der Waals surface area (Å²) >= 11 is 0. The number of ketones is 1. The zero-order valence-electron chi connectivity index (χ0n) is 8.91. The second-order valence-corrected chi connectivity index (χ2v) is 4.26. The quantitative estimate of drug-likeness (QED) is 0.515. The standard InChI is InChI=1S/C11H18O3/c1-8-4-3-5-10(6-8)14-11(13)7-9(2)12/h8,10H,3-7H2,1-2H3/t8-,10-/m1/s1. The number of carbonyl (C=O) groups is 2. The average molecular weight is 198 g/mol. The molecule has 0 N–H and O–H groups in total. The summed E-state index contributed by atoms with van der Waals surface area (Å²) in [5.41, 5.74) is 0. The van der Waals surface area contributed by atoms with Crippen LogP contribution in [0.1, 0.15) is 46.0 Å². The maximum Gasteiger partial charge on any atom is 0.313 e. The lowest BCUT2D eigenvalue weighted by Crippen LogP contribution is -2.25. The molecule has 0 radical (unpaired) electrons. The Morgan fingerprint density at radius 2 is 2.07 bits per heavy atom. The first kappa shape index (κ1) is 11.2. The summed E-state index contributed by atoms with van der Waals surface area (Å²) in [6.45, 7) is 3.58. The van der Waals surface area contributed by atoms with Gasteiger partial charge >= 0.3 is 5.97 Å². The molecule has 3 heteroatoms. The highest BCUT2D eigenvalue weighted by Gasteiger charge is 2.22. The third kappa shape index (κ3) is 3.90. The molecule has 1 fully saturated rings. The molecule has 0 amide bonds. The van der Waals surface area contributed by atoms with Crippen molar-refractivity contribution in [1.29, 1.82) is 0 Å². The van der Waals surface area contributed by atoms with Gasteiger partial charge in [0.2, 0.25) is 0 Å². The Morgan fingerprint density at radius 1 is 1.36 bits per heavy atom. The summed E-state index contributed by atoms with van der Waals surface area (Å²) in [6.07, 6.45) is 4.22. The molecular formula is C11H18O3. The van der Waals surface area contributed by atoms with E-state index in [0.29, 0.717) is 5.92 Å². The van der Waals surface area contributed by atoms with E-state index < -0.39 is 0 Å². The van der Waals surface area contributed by atoms with Crippen LogP contribution in [-0.2, 0) is 14.3 Å². The summed E-state index contributed by atoms with van der Waals surface area (Å²) in [5.74, 6) is 0.148. The van der Waals surface area contributed by atoms with Gasteiger partial charge in [-0.15, -0.1) is 0 Å². The molecule has 1 aliphatic rings. The van der Waals surface area contributed by atoms with Gasteiger partial charge < -0.3 is 4.74 Å². The smallest absolute Gasteiger partial charge is 0.313 e. The van der Waals surface area contributed by atoms with Crippen LogP contribution in [0.3, 0.4) is 0 Å². The fourth-order valence-corrected chi connectivity index (χ4v) is 1.92. The van der Waals surface area contributed by atoms with Crippen LogP contribution in [0.2, 0.25) is 0 Å². The number of hydrogen-bond donors (Lipinski definition) is 0. The van der Waals surface area contributed by atoms with Crippen molar-refractivity contribution >= 4 is 11.8 Å². The lowest BCUT2D eigenvalue weighted by Gasteiger charge is -2.26. The Hall–Kier alpha value is -0.860. The van der Waals surface area contributed by atoms with E-state index in [-0.39, 0.29) is 24.3 Å². The molecule has 0 unspecified atom stereocenters. The molecule has 0 aromatic carbocycles. The van der Waals surface area contributed by atoms with E-state index in [1.807, 2.05) is 0 Å². The van der Waals surface area contributed by atoms with Gasteiger partial charge in [0, 0.05) is 0 Å². The highest BCUT2D eigenvalue weighted by atomic mass is 16.5. The molecule has 1 rings (SSSR count). The van der Waals surface area contributed by atoms with Gasteiger partial charge in [-0.1, -0.05) is 13.3 Å². The first-order valence-electron chi connectivity index (χ1n) is 5.27. The average Bonchev–Trinajstić information content (AvgIpc) is 2.01. The normalized spacial score (nSPS) is 27.0. The fourth-order valence-electron chi connectivity index (χ4n) is 1.92. The number of hydrogen-bond acceptors (Lipinski definition) is 3. The van der Waals surface area contributed by atoms with Gasteiger partial charge in [-0.05, 0) is 32.1 Å². The van der Waals surface area contributed by atoms with E-state index in [4.69, 9.17) is 4.74 Å². The molecule has 0 spiro atoms. The van der Waals surface area contributed by atoms with E-state index in [2.05, 4.69) is 6.92 Å². The van der Waals surface area contributed by atoms with Crippen molar-refractivity contribution in [2.75, 3.05) is 0 Å². The largest absolute Gasteiger partial charge is 0.462 e. The van der Waals surface area contributed by atoms with Crippen LogP contribution in [0.4, 0.5) is 0 Å². The fraction of sp³-hybridized carbons (Fsp3) is 0.818.